The lowest BCUT2D eigenvalue weighted by Gasteiger charge is -2.33. The molecule has 0 aliphatic carbocycles. The number of carbonyl (C=O) groups is 2. The summed E-state index contributed by atoms with van der Waals surface area (Å²) in [6.07, 6.45) is 9.49. The normalized spacial score (nSPS) is 17.9. The summed E-state index contributed by atoms with van der Waals surface area (Å²) < 4.78 is 1.77. The fraction of sp³-hybridized carbons (Fsp3) is 0.519. The summed E-state index contributed by atoms with van der Waals surface area (Å²) in [6, 6.07) is 8.29. The molecule has 2 aromatic rings. The molecule has 4 rings (SSSR count). The van der Waals surface area contributed by atoms with Crippen molar-refractivity contribution in [2.45, 2.75) is 58.9 Å². The molecule has 0 saturated carbocycles. The van der Waals surface area contributed by atoms with Crippen LogP contribution in [0.25, 0.3) is 6.08 Å². The standard InChI is InChI=1S/C27H35ClN4O2/c1-20-7-9-22(10-8-20)19-32-26(28)24(21(2)29-32)11-12-25(33)30-17-13-23(14-18-30)27(34)31-15-5-3-4-6-16-31/h7-12,23H,3-6,13-19H2,1-2H3. The summed E-state index contributed by atoms with van der Waals surface area (Å²) >= 11 is 6.60. The summed E-state index contributed by atoms with van der Waals surface area (Å²) in [7, 11) is 0. The fourth-order valence-corrected chi connectivity index (χ4v) is 5.18. The predicted octanol–water partition coefficient (Wildman–Crippen LogP) is 4.86. The maximum absolute atomic E-state index is 12.9. The van der Waals surface area contributed by atoms with E-state index in [9.17, 15) is 9.59 Å². The van der Waals surface area contributed by atoms with Crippen LogP contribution in [0.4, 0.5) is 0 Å². The van der Waals surface area contributed by atoms with Gasteiger partial charge in [0.1, 0.15) is 5.15 Å². The van der Waals surface area contributed by atoms with E-state index in [4.69, 9.17) is 11.6 Å². The highest BCUT2D eigenvalue weighted by Crippen LogP contribution is 2.24. The first-order chi connectivity index (χ1) is 16.4. The van der Waals surface area contributed by atoms with Crippen molar-refractivity contribution in [1.29, 1.82) is 0 Å². The predicted molar refractivity (Wildman–Crippen MR) is 136 cm³/mol. The van der Waals surface area contributed by atoms with Gasteiger partial charge in [0.05, 0.1) is 12.2 Å². The number of hydrogen-bond donors (Lipinski definition) is 0. The zero-order valence-corrected chi connectivity index (χ0v) is 21.1. The third-order valence-corrected chi connectivity index (χ3v) is 7.43. The zero-order valence-electron chi connectivity index (χ0n) is 20.3. The Balaban J connectivity index is 1.33. The van der Waals surface area contributed by atoms with Crippen LogP contribution in [0.2, 0.25) is 5.15 Å². The molecule has 182 valence electrons. The van der Waals surface area contributed by atoms with Crippen LogP contribution >= 0.6 is 11.6 Å². The minimum Gasteiger partial charge on any atom is -0.342 e. The van der Waals surface area contributed by atoms with Crippen molar-refractivity contribution in [2.75, 3.05) is 26.2 Å². The Morgan fingerprint density at radius 2 is 1.62 bits per heavy atom. The molecule has 0 bridgehead atoms. The summed E-state index contributed by atoms with van der Waals surface area (Å²) in [5, 5.41) is 5.10. The average molecular weight is 483 g/mol. The van der Waals surface area contributed by atoms with Gasteiger partial charge in [0.2, 0.25) is 11.8 Å². The highest BCUT2D eigenvalue weighted by molar-refractivity contribution is 6.31. The van der Waals surface area contributed by atoms with Gasteiger partial charge in [-0.3, -0.25) is 9.59 Å². The van der Waals surface area contributed by atoms with Crippen molar-refractivity contribution in [3.63, 3.8) is 0 Å². The summed E-state index contributed by atoms with van der Waals surface area (Å²) in [5.41, 5.74) is 3.90. The summed E-state index contributed by atoms with van der Waals surface area (Å²) in [4.78, 5) is 29.6. The number of nitrogens with zero attached hydrogens (tertiary/aromatic N) is 4. The SMILES string of the molecule is Cc1ccc(Cn2nc(C)c(C=CC(=O)N3CCC(C(=O)N4CCCCCC4)CC3)c2Cl)cc1. The number of hydrogen-bond acceptors (Lipinski definition) is 3. The molecule has 7 heteroatoms. The van der Waals surface area contributed by atoms with Crippen LogP contribution in [0.15, 0.2) is 30.3 Å². The largest absolute Gasteiger partial charge is 0.342 e. The number of halogens is 1. The first-order valence-electron chi connectivity index (χ1n) is 12.5. The molecule has 0 unspecified atom stereocenters. The molecule has 1 aromatic carbocycles. The van der Waals surface area contributed by atoms with E-state index in [1.807, 2.05) is 16.7 Å². The molecule has 1 aromatic heterocycles. The topological polar surface area (TPSA) is 58.4 Å². The van der Waals surface area contributed by atoms with E-state index in [0.717, 1.165) is 55.6 Å². The van der Waals surface area contributed by atoms with Crippen LogP contribution in [0, 0.1) is 19.8 Å². The van der Waals surface area contributed by atoms with Crippen LogP contribution in [-0.2, 0) is 16.1 Å². The highest BCUT2D eigenvalue weighted by atomic mass is 35.5. The second-order valence-electron chi connectivity index (χ2n) is 9.61. The number of likely N-dealkylation sites (tertiary alicyclic amines) is 2. The molecule has 34 heavy (non-hydrogen) atoms. The fourth-order valence-electron chi connectivity index (χ4n) is 4.88. The molecule has 0 atom stereocenters. The van der Waals surface area contributed by atoms with Gasteiger partial charge in [-0.1, -0.05) is 54.3 Å². The maximum Gasteiger partial charge on any atom is 0.246 e. The molecule has 3 heterocycles. The lowest BCUT2D eigenvalue weighted by molar-refractivity contribution is -0.139. The number of carbonyl (C=O) groups excluding carboxylic acids is 2. The number of aryl methyl sites for hydroxylation is 2. The molecular formula is C27H35ClN4O2. The van der Waals surface area contributed by atoms with Gasteiger partial charge >= 0.3 is 0 Å². The van der Waals surface area contributed by atoms with Crippen molar-refractivity contribution in [2.24, 2.45) is 5.92 Å². The van der Waals surface area contributed by atoms with Crippen LogP contribution in [-0.4, -0.2) is 57.6 Å². The quantitative estimate of drug-likeness (QED) is 0.572. The number of piperidine rings is 1. The van der Waals surface area contributed by atoms with Crippen molar-refractivity contribution in [3.8, 4) is 0 Å². The Hall–Kier alpha value is -2.60. The van der Waals surface area contributed by atoms with E-state index in [2.05, 4.69) is 36.3 Å². The summed E-state index contributed by atoms with van der Waals surface area (Å²) in [5.74, 6) is 0.290. The third kappa shape index (κ3) is 5.90. The van der Waals surface area contributed by atoms with Gasteiger partial charge in [0.25, 0.3) is 0 Å². The lowest BCUT2D eigenvalue weighted by atomic mass is 9.95. The minimum atomic E-state index is -0.0394. The van der Waals surface area contributed by atoms with E-state index >= 15 is 0 Å². The van der Waals surface area contributed by atoms with Crippen LogP contribution < -0.4 is 0 Å². The molecule has 0 N–H and O–H groups in total. The van der Waals surface area contributed by atoms with Crippen molar-refractivity contribution >= 4 is 29.5 Å². The third-order valence-electron chi connectivity index (χ3n) is 7.03. The lowest BCUT2D eigenvalue weighted by Crippen LogP contribution is -2.44. The molecule has 6 nitrogen and oxygen atoms in total. The Morgan fingerprint density at radius 3 is 2.26 bits per heavy atom. The van der Waals surface area contributed by atoms with Gasteiger partial charge < -0.3 is 9.80 Å². The Kier molecular flexibility index (Phi) is 8.09. The molecule has 2 amide bonds. The van der Waals surface area contributed by atoms with E-state index in [0.29, 0.717) is 24.8 Å². The smallest absolute Gasteiger partial charge is 0.246 e. The van der Waals surface area contributed by atoms with Gasteiger partial charge in [-0.25, -0.2) is 4.68 Å². The zero-order chi connectivity index (χ0) is 24.1. The van der Waals surface area contributed by atoms with E-state index < -0.39 is 0 Å². The number of aromatic nitrogens is 2. The first-order valence-corrected chi connectivity index (χ1v) is 12.8. The number of rotatable bonds is 5. The van der Waals surface area contributed by atoms with Gasteiger partial charge in [0.15, 0.2) is 0 Å². The molecule has 2 aliphatic rings. The van der Waals surface area contributed by atoms with Gasteiger partial charge in [-0.05, 0) is 51.2 Å². The highest BCUT2D eigenvalue weighted by Gasteiger charge is 2.30. The number of amides is 2. The molecular weight excluding hydrogens is 448 g/mol. The Morgan fingerprint density at radius 1 is 0.971 bits per heavy atom. The van der Waals surface area contributed by atoms with Gasteiger partial charge in [-0.15, -0.1) is 0 Å². The van der Waals surface area contributed by atoms with Crippen LogP contribution in [0.5, 0.6) is 0 Å². The molecule has 2 fully saturated rings. The average Bonchev–Trinajstić information content (AvgIpc) is 3.02. The second-order valence-corrected chi connectivity index (χ2v) is 9.96. The minimum absolute atomic E-state index is 0.0394. The Bertz CT molecular complexity index is 1030. The van der Waals surface area contributed by atoms with E-state index in [1.165, 1.54) is 18.4 Å². The number of benzene rings is 1. The van der Waals surface area contributed by atoms with Gasteiger partial charge in [-0.2, -0.15) is 5.10 Å². The van der Waals surface area contributed by atoms with Gasteiger partial charge in [0, 0.05) is 43.7 Å². The van der Waals surface area contributed by atoms with Crippen LogP contribution in [0.1, 0.15) is 60.9 Å². The molecule has 2 aliphatic heterocycles. The Labute approximate surface area is 207 Å². The van der Waals surface area contributed by atoms with E-state index in [-0.39, 0.29) is 17.7 Å². The van der Waals surface area contributed by atoms with E-state index in [1.54, 1.807) is 16.8 Å². The maximum atomic E-state index is 12.9. The van der Waals surface area contributed by atoms with Crippen molar-refractivity contribution < 1.29 is 9.59 Å². The van der Waals surface area contributed by atoms with Crippen molar-refractivity contribution in [1.82, 2.24) is 19.6 Å². The first kappa shape index (κ1) is 24.5. The summed E-state index contributed by atoms with van der Waals surface area (Å²) in [6.45, 7) is 7.56. The molecule has 0 radical (unpaired) electrons. The molecule has 0 spiro atoms. The second kappa shape index (κ2) is 11.2. The molecule has 2 saturated heterocycles. The van der Waals surface area contributed by atoms with Crippen molar-refractivity contribution in [3.05, 3.63) is 57.9 Å². The van der Waals surface area contributed by atoms with Crippen LogP contribution in [0.3, 0.4) is 0 Å². The monoisotopic (exact) mass is 482 g/mol.